The molecule has 1 saturated heterocycles. The molecule has 6 heteroatoms. The van der Waals surface area contributed by atoms with Crippen LogP contribution >= 0.6 is 0 Å². The average molecular weight is 390 g/mol. The predicted molar refractivity (Wildman–Crippen MR) is 113 cm³/mol. The number of aromatic nitrogens is 2. The molecule has 150 valence electrons. The van der Waals surface area contributed by atoms with Gasteiger partial charge in [-0.3, -0.25) is 14.7 Å². The zero-order valence-corrected chi connectivity index (χ0v) is 16.5. The van der Waals surface area contributed by atoms with Gasteiger partial charge in [0.25, 0.3) is 5.91 Å². The van der Waals surface area contributed by atoms with Crippen molar-refractivity contribution in [2.75, 3.05) is 25.0 Å². The lowest BCUT2D eigenvalue weighted by atomic mass is 10.0. The third-order valence-corrected chi connectivity index (χ3v) is 5.24. The van der Waals surface area contributed by atoms with E-state index >= 15 is 0 Å². The largest absolute Gasteiger partial charge is 0.474 e. The number of hydrogen-bond acceptors (Lipinski definition) is 5. The van der Waals surface area contributed by atoms with Crippen LogP contribution in [-0.4, -0.2) is 46.5 Å². The lowest BCUT2D eigenvalue weighted by Gasteiger charge is -2.32. The predicted octanol–water partition coefficient (Wildman–Crippen LogP) is 3.85. The van der Waals surface area contributed by atoms with Gasteiger partial charge in [-0.1, -0.05) is 29.9 Å². The number of nitrogens with one attached hydrogen (secondary N) is 1. The summed E-state index contributed by atoms with van der Waals surface area (Å²) in [6.45, 7) is 3.10. The normalized spacial score (nSPS) is 17.6. The van der Waals surface area contributed by atoms with Crippen LogP contribution in [0.3, 0.4) is 0 Å². The first-order chi connectivity index (χ1) is 14.3. The molecule has 1 aliphatic heterocycles. The standard InChI is InChI=1S/C23H26N4O2/c28-23(25-19-9-13-24-14-10-19)21-7-4-8-22(26-21)29-20-11-15-27(16-12-20)17-18-5-2-1-3-6-18/h1-2,4-5,7-10,13-14,20H,3,6,11-12,15-17H2,(H,24,25,28). The van der Waals surface area contributed by atoms with Crippen molar-refractivity contribution in [3.8, 4) is 5.88 Å². The Kier molecular flexibility index (Phi) is 6.32. The van der Waals surface area contributed by atoms with Crippen LogP contribution in [0.4, 0.5) is 5.69 Å². The minimum Gasteiger partial charge on any atom is -0.474 e. The van der Waals surface area contributed by atoms with Crippen LogP contribution in [0.25, 0.3) is 0 Å². The molecule has 2 aromatic rings. The zero-order valence-electron chi connectivity index (χ0n) is 16.5. The Bertz CT molecular complexity index is 887. The summed E-state index contributed by atoms with van der Waals surface area (Å²) in [5.74, 6) is 0.247. The van der Waals surface area contributed by atoms with Crippen molar-refractivity contribution in [1.29, 1.82) is 0 Å². The molecule has 6 nitrogen and oxygen atoms in total. The number of anilines is 1. The molecular formula is C23H26N4O2. The first-order valence-electron chi connectivity index (χ1n) is 10.2. The van der Waals surface area contributed by atoms with Crippen molar-refractivity contribution >= 4 is 11.6 Å². The molecule has 1 N–H and O–H groups in total. The molecule has 1 fully saturated rings. The molecule has 0 atom stereocenters. The van der Waals surface area contributed by atoms with Crippen molar-refractivity contribution in [3.05, 3.63) is 72.2 Å². The van der Waals surface area contributed by atoms with Crippen LogP contribution in [0.1, 0.15) is 36.2 Å². The molecule has 1 amide bonds. The third kappa shape index (κ3) is 5.51. The van der Waals surface area contributed by atoms with E-state index in [1.807, 2.05) is 12.1 Å². The van der Waals surface area contributed by atoms with E-state index < -0.39 is 0 Å². The first kappa shape index (κ1) is 19.3. The lowest BCUT2D eigenvalue weighted by molar-refractivity contribution is 0.0978. The summed E-state index contributed by atoms with van der Waals surface area (Å²) in [5.41, 5.74) is 2.55. The number of carbonyl (C=O) groups is 1. The van der Waals surface area contributed by atoms with Crippen molar-refractivity contribution in [2.45, 2.75) is 31.8 Å². The number of pyridine rings is 2. The van der Waals surface area contributed by atoms with E-state index in [1.54, 1.807) is 30.6 Å². The van der Waals surface area contributed by atoms with Gasteiger partial charge < -0.3 is 10.1 Å². The minimum absolute atomic E-state index is 0.137. The SMILES string of the molecule is O=C(Nc1ccncc1)c1cccc(OC2CCN(CC3=CC=CCC3)CC2)n1. The highest BCUT2D eigenvalue weighted by Crippen LogP contribution is 2.20. The summed E-state index contributed by atoms with van der Waals surface area (Å²) in [7, 11) is 0. The fourth-order valence-electron chi connectivity index (χ4n) is 3.66. The summed E-state index contributed by atoms with van der Waals surface area (Å²) >= 11 is 0. The van der Waals surface area contributed by atoms with E-state index in [2.05, 4.69) is 38.4 Å². The molecule has 1 aliphatic carbocycles. The molecule has 0 spiro atoms. The van der Waals surface area contributed by atoms with Crippen LogP contribution in [0, 0.1) is 0 Å². The van der Waals surface area contributed by atoms with Gasteiger partial charge in [-0.25, -0.2) is 4.98 Å². The topological polar surface area (TPSA) is 67.3 Å². The first-order valence-corrected chi connectivity index (χ1v) is 10.2. The van der Waals surface area contributed by atoms with Crippen molar-refractivity contribution in [1.82, 2.24) is 14.9 Å². The molecule has 0 radical (unpaired) electrons. The molecule has 29 heavy (non-hydrogen) atoms. The number of carbonyl (C=O) groups excluding carboxylic acids is 1. The molecule has 2 aliphatic rings. The number of nitrogens with zero attached hydrogens (tertiary/aromatic N) is 3. The second kappa shape index (κ2) is 9.47. The number of likely N-dealkylation sites (tertiary alicyclic amines) is 1. The van der Waals surface area contributed by atoms with Gasteiger partial charge in [0.2, 0.25) is 5.88 Å². The molecule has 4 rings (SSSR count). The maximum Gasteiger partial charge on any atom is 0.274 e. The summed E-state index contributed by atoms with van der Waals surface area (Å²) in [6, 6.07) is 8.80. The van der Waals surface area contributed by atoms with E-state index in [4.69, 9.17) is 4.74 Å². The van der Waals surface area contributed by atoms with Crippen LogP contribution in [-0.2, 0) is 0 Å². The van der Waals surface area contributed by atoms with Crippen LogP contribution in [0.2, 0.25) is 0 Å². The lowest BCUT2D eigenvalue weighted by Crippen LogP contribution is -2.39. The maximum atomic E-state index is 12.4. The molecule has 0 bridgehead atoms. The highest BCUT2D eigenvalue weighted by molar-refractivity contribution is 6.02. The van der Waals surface area contributed by atoms with Crippen molar-refractivity contribution in [3.63, 3.8) is 0 Å². The Labute approximate surface area is 171 Å². The summed E-state index contributed by atoms with van der Waals surface area (Å²) in [5, 5.41) is 2.82. The van der Waals surface area contributed by atoms with E-state index in [1.165, 1.54) is 12.0 Å². The molecule has 0 unspecified atom stereocenters. The summed E-state index contributed by atoms with van der Waals surface area (Å²) in [4.78, 5) is 23.3. The number of piperidine rings is 1. The minimum atomic E-state index is -0.258. The molecule has 0 aromatic carbocycles. The number of hydrogen-bond donors (Lipinski definition) is 1. The number of ether oxygens (including phenoxy) is 1. The zero-order chi connectivity index (χ0) is 19.9. The molecule has 3 heterocycles. The Hall–Kier alpha value is -2.99. The second-order valence-electron chi connectivity index (χ2n) is 7.44. The van der Waals surface area contributed by atoms with Gasteiger partial charge >= 0.3 is 0 Å². The number of rotatable bonds is 6. The quantitative estimate of drug-likeness (QED) is 0.812. The van der Waals surface area contributed by atoms with Gasteiger partial charge in [0.05, 0.1) is 0 Å². The van der Waals surface area contributed by atoms with Gasteiger partial charge in [-0.15, -0.1) is 0 Å². The van der Waals surface area contributed by atoms with Gasteiger partial charge in [0, 0.05) is 43.8 Å². The van der Waals surface area contributed by atoms with Crippen LogP contribution in [0.15, 0.2) is 66.5 Å². The Morgan fingerprint density at radius 3 is 2.76 bits per heavy atom. The Morgan fingerprint density at radius 2 is 2.00 bits per heavy atom. The second-order valence-corrected chi connectivity index (χ2v) is 7.44. The van der Waals surface area contributed by atoms with Crippen LogP contribution in [0.5, 0.6) is 5.88 Å². The van der Waals surface area contributed by atoms with Gasteiger partial charge in [0.15, 0.2) is 0 Å². The van der Waals surface area contributed by atoms with Gasteiger partial charge in [-0.2, -0.15) is 0 Å². The maximum absolute atomic E-state index is 12.4. The highest BCUT2D eigenvalue weighted by Gasteiger charge is 2.22. The summed E-state index contributed by atoms with van der Waals surface area (Å²) in [6.07, 6.45) is 14.3. The fraction of sp³-hybridized carbons (Fsp3) is 0.348. The molecule has 2 aromatic heterocycles. The smallest absolute Gasteiger partial charge is 0.274 e. The monoisotopic (exact) mass is 390 g/mol. The van der Waals surface area contributed by atoms with Crippen molar-refractivity contribution < 1.29 is 9.53 Å². The fourth-order valence-corrected chi connectivity index (χ4v) is 3.66. The van der Waals surface area contributed by atoms with E-state index in [0.29, 0.717) is 17.3 Å². The van der Waals surface area contributed by atoms with Gasteiger partial charge in [-0.05, 0) is 43.9 Å². The Morgan fingerprint density at radius 1 is 1.17 bits per heavy atom. The molecular weight excluding hydrogens is 364 g/mol. The number of allylic oxidation sites excluding steroid dienone is 3. The number of amides is 1. The van der Waals surface area contributed by atoms with Crippen molar-refractivity contribution in [2.24, 2.45) is 0 Å². The van der Waals surface area contributed by atoms with E-state index in [9.17, 15) is 4.79 Å². The van der Waals surface area contributed by atoms with Gasteiger partial charge in [0.1, 0.15) is 11.8 Å². The third-order valence-electron chi connectivity index (χ3n) is 5.24. The van der Waals surface area contributed by atoms with Crippen LogP contribution < -0.4 is 10.1 Å². The molecule has 0 saturated carbocycles. The summed E-state index contributed by atoms with van der Waals surface area (Å²) < 4.78 is 6.08. The highest BCUT2D eigenvalue weighted by atomic mass is 16.5. The van der Waals surface area contributed by atoms with E-state index in [0.717, 1.165) is 38.9 Å². The Balaban J connectivity index is 1.29. The average Bonchev–Trinajstić information content (AvgIpc) is 2.77. The van der Waals surface area contributed by atoms with E-state index in [-0.39, 0.29) is 12.0 Å².